The second-order valence-corrected chi connectivity index (χ2v) is 8.28. The third-order valence-corrected chi connectivity index (χ3v) is 5.64. The molecule has 0 amide bonds. The van der Waals surface area contributed by atoms with E-state index in [9.17, 15) is 13.5 Å². The average Bonchev–Trinajstić information content (AvgIpc) is 2.95. The molecule has 2 fully saturated rings. The van der Waals surface area contributed by atoms with Crippen LogP contribution in [-0.4, -0.2) is 56.8 Å². The van der Waals surface area contributed by atoms with Crippen molar-refractivity contribution in [3.8, 4) is 0 Å². The fourth-order valence-electron chi connectivity index (χ4n) is 3.11. The minimum atomic E-state index is -4.02. The molecule has 7 nitrogen and oxygen atoms in total. The van der Waals surface area contributed by atoms with Crippen LogP contribution in [0.4, 0.5) is 0 Å². The first-order valence-corrected chi connectivity index (χ1v) is 9.49. The summed E-state index contributed by atoms with van der Waals surface area (Å²) in [5.74, 6) is 0. The van der Waals surface area contributed by atoms with E-state index in [1.165, 1.54) is 12.1 Å². The van der Waals surface area contributed by atoms with E-state index in [2.05, 4.69) is 0 Å². The van der Waals surface area contributed by atoms with Crippen molar-refractivity contribution in [1.29, 1.82) is 0 Å². The first-order chi connectivity index (χ1) is 11.3. The summed E-state index contributed by atoms with van der Waals surface area (Å²) in [5.41, 5.74) is 0.948. The van der Waals surface area contributed by atoms with Crippen LogP contribution in [0.5, 0.6) is 0 Å². The molecule has 134 valence electrons. The zero-order chi connectivity index (χ0) is 17.5. The van der Waals surface area contributed by atoms with Gasteiger partial charge in [0, 0.05) is 0 Å². The van der Waals surface area contributed by atoms with E-state index in [1.807, 2.05) is 26.1 Å². The normalized spacial score (nSPS) is 33.1. The van der Waals surface area contributed by atoms with Crippen LogP contribution in [0.15, 0.2) is 29.2 Å². The Hall–Kier alpha value is -1.03. The highest BCUT2D eigenvalue weighted by Gasteiger charge is 2.54. The zero-order valence-electron chi connectivity index (χ0n) is 14.0. The van der Waals surface area contributed by atoms with Gasteiger partial charge in [0.25, 0.3) is 10.1 Å². The third kappa shape index (κ3) is 3.49. The Kier molecular flexibility index (Phi) is 4.96. The number of quaternary nitrogens is 1. The molecule has 0 radical (unpaired) electrons. The lowest BCUT2D eigenvalue weighted by atomic mass is 9.97. The van der Waals surface area contributed by atoms with E-state index in [0.29, 0.717) is 6.61 Å². The van der Waals surface area contributed by atoms with Gasteiger partial charge in [-0.25, -0.2) is 0 Å². The quantitative estimate of drug-likeness (QED) is 0.690. The number of hydrogen-bond acceptors (Lipinski definition) is 6. The second kappa shape index (κ2) is 6.70. The number of aryl methyl sites for hydroxylation is 1. The van der Waals surface area contributed by atoms with Crippen molar-refractivity contribution in [3.05, 3.63) is 29.8 Å². The summed E-state index contributed by atoms with van der Waals surface area (Å²) in [6, 6.07) is 6.25. The maximum absolute atomic E-state index is 12.5. The molecule has 24 heavy (non-hydrogen) atoms. The minimum Gasteiger partial charge on any atom is -0.384 e. The number of ether oxygens (including phenoxy) is 2. The van der Waals surface area contributed by atoms with Crippen molar-refractivity contribution >= 4 is 10.1 Å². The van der Waals surface area contributed by atoms with E-state index in [0.717, 1.165) is 5.56 Å². The van der Waals surface area contributed by atoms with Crippen LogP contribution >= 0.6 is 0 Å². The summed E-state index contributed by atoms with van der Waals surface area (Å²) >= 11 is 0. The molecule has 0 saturated carbocycles. The fourth-order valence-corrected chi connectivity index (χ4v) is 4.18. The summed E-state index contributed by atoms with van der Waals surface area (Å²) in [7, 11) is -4.02. The summed E-state index contributed by atoms with van der Waals surface area (Å²) < 4.78 is 41.5. The van der Waals surface area contributed by atoms with Gasteiger partial charge in [-0.3, -0.25) is 4.18 Å². The van der Waals surface area contributed by atoms with Crippen LogP contribution in [-0.2, 0) is 23.8 Å². The Morgan fingerprint density at radius 3 is 2.58 bits per heavy atom. The van der Waals surface area contributed by atoms with Crippen molar-refractivity contribution in [2.24, 2.45) is 0 Å². The SMILES string of the molecule is Cc1ccc(S(=O)(=O)O[C@@H]2[C@@H]3OC[C@@H](O3)[C@H]([NH2+]C(C)C)[C@H]2O)cc1. The molecule has 0 spiro atoms. The minimum absolute atomic E-state index is 0.0461. The van der Waals surface area contributed by atoms with Crippen LogP contribution in [0.25, 0.3) is 0 Å². The molecule has 1 aromatic carbocycles. The maximum atomic E-state index is 12.5. The van der Waals surface area contributed by atoms with Crippen molar-refractivity contribution in [3.63, 3.8) is 0 Å². The molecule has 3 N–H and O–H groups in total. The molecule has 1 aromatic rings. The Morgan fingerprint density at radius 1 is 1.29 bits per heavy atom. The highest BCUT2D eigenvalue weighted by molar-refractivity contribution is 7.86. The summed E-state index contributed by atoms with van der Waals surface area (Å²) in [6.45, 7) is 6.18. The Bertz CT molecular complexity index is 674. The van der Waals surface area contributed by atoms with Gasteiger partial charge < -0.3 is 19.9 Å². The van der Waals surface area contributed by atoms with Gasteiger partial charge in [0.1, 0.15) is 18.2 Å². The van der Waals surface area contributed by atoms with Crippen molar-refractivity contribution in [2.45, 2.75) is 62.4 Å². The van der Waals surface area contributed by atoms with Crippen LogP contribution in [0.2, 0.25) is 0 Å². The molecule has 8 heteroatoms. The molecule has 2 aliphatic rings. The standard InChI is InChI=1S/C16H23NO6S/c1-9(2)17-13-12-8-21-16(22-12)15(14(13)18)23-24(19,20)11-6-4-10(3)5-7-11/h4-7,9,12-18H,8H2,1-3H3/p+1/t12-,13+,14-,15+,16-/m1/s1. The molecular formula is C16H24NO6S+. The van der Waals surface area contributed by atoms with Gasteiger partial charge in [-0.2, -0.15) is 8.42 Å². The highest BCUT2D eigenvalue weighted by atomic mass is 32.2. The van der Waals surface area contributed by atoms with Crippen LogP contribution in [0.3, 0.4) is 0 Å². The molecule has 0 aliphatic carbocycles. The monoisotopic (exact) mass is 358 g/mol. The molecule has 2 heterocycles. The Balaban J connectivity index is 1.81. The number of rotatable bonds is 5. The largest absolute Gasteiger partial charge is 0.384 e. The summed E-state index contributed by atoms with van der Waals surface area (Å²) in [6.07, 6.45) is -3.23. The molecule has 3 rings (SSSR count). The van der Waals surface area contributed by atoms with E-state index in [1.54, 1.807) is 12.1 Å². The third-order valence-electron chi connectivity index (χ3n) is 4.32. The number of fused-ring (bicyclic) bond motifs is 2. The van der Waals surface area contributed by atoms with Crippen LogP contribution in [0, 0.1) is 6.92 Å². The molecule has 2 saturated heterocycles. The first kappa shape index (κ1) is 17.8. The van der Waals surface area contributed by atoms with Gasteiger partial charge in [0.15, 0.2) is 12.4 Å². The zero-order valence-corrected chi connectivity index (χ0v) is 14.8. The maximum Gasteiger partial charge on any atom is 0.297 e. The van der Waals surface area contributed by atoms with E-state index >= 15 is 0 Å². The lowest BCUT2D eigenvalue weighted by Crippen LogP contribution is -2.99. The van der Waals surface area contributed by atoms with Gasteiger partial charge in [-0.05, 0) is 32.9 Å². The van der Waals surface area contributed by atoms with Crippen LogP contribution in [0.1, 0.15) is 19.4 Å². The predicted octanol–water partition coefficient (Wildman–Crippen LogP) is -0.475. The number of benzene rings is 1. The van der Waals surface area contributed by atoms with Crippen molar-refractivity contribution in [2.75, 3.05) is 6.61 Å². The first-order valence-electron chi connectivity index (χ1n) is 8.08. The molecule has 2 bridgehead atoms. The Morgan fingerprint density at radius 2 is 1.96 bits per heavy atom. The van der Waals surface area contributed by atoms with Gasteiger partial charge in [0.05, 0.1) is 17.5 Å². The topological polar surface area (TPSA) is 98.7 Å². The lowest BCUT2D eigenvalue weighted by molar-refractivity contribution is -0.732. The number of aliphatic hydroxyl groups excluding tert-OH is 1. The fraction of sp³-hybridized carbons (Fsp3) is 0.625. The molecule has 0 aromatic heterocycles. The number of hydrogen-bond donors (Lipinski definition) is 2. The summed E-state index contributed by atoms with van der Waals surface area (Å²) in [5, 5.41) is 12.6. The predicted molar refractivity (Wildman–Crippen MR) is 84.7 cm³/mol. The molecule has 5 atom stereocenters. The number of nitrogens with two attached hydrogens (primary N) is 1. The highest BCUT2D eigenvalue weighted by Crippen LogP contribution is 2.31. The van der Waals surface area contributed by atoms with E-state index in [4.69, 9.17) is 13.7 Å². The van der Waals surface area contributed by atoms with Crippen LogP contribution < -0.4 is 5.32 Å². The van der Waals surface area contributed by atoms with E-state index in [-0.39, 0.29) is 23.1 Å². The van der Waals surface area contributed by atoms with Crippen molar-refractivity contribution < 1.29 is 32.5 Å². The smallest absolute Gasteiger partial charge is 0.297 e. The van der Waals surface area contributed by atoms with Crippen molar-refractivity contribution in [1.82, 2.24) is 0 Å². The van der Waals surface area contributed by atoms with Gasteiger partial charge in [-0.15, -0.1) is 0 Å². The molecule has 0 unspecified atom stereocenters. The number of aliphatic hydroxyl groups is 1. The van der Waals surface area contributed by atoms with E-state index < -0.39 is 28.6 Å². The second-order valence-electron chi connectivity index (χ2n) is 6.71. The Labute approximate surface area is 142 Å². The van der Waals surface area contributed by atoms with Gasteiger partial charge in [0.2, 0.25) is 0 Å². The van der Waals surface area contributed by atoms with Gasteiger partial charge in [-0.1, -0.05) is 17.7 Å². The summed E-state index contributed by atoms with van der Waals surface area (Å²) in [4.78, 5) is 0.0461. The van der Waals surface area contributed by atoms with Gasteiger partial charge >= 0.3 is 0 Å². The molecule has 2 aliphatic heterocycles. The average molecular weight is 358 g/mol. The molecular weight excluding hydrogens is 334 g/mol. The lowest BCUT2D eigenvalue weighted by Gasteiger charge is -2.36.